The Bertz CT molecular complexity index is 426. The summed E-state index contributed by atoms with van der Waals surface area (Å²) in [6.07, 6.45) is 0. The molecule has 0 saturated carbocycles. The van der Waals surface area contributed by atoms with E-state index in [-0.39, 0.29) is 17.6 Å². The van der Waals surface area contributed by atoms with Crippen molar-refractivity contribution in [1.29, 1.82) is 0 Å². The van der Waals surface area contributed by atoms with Crippen LogP contribution < -0.4 is 5.32 Å². The third-order valence-electron chi connectivity index (χ3n) is 2.61. The summed E-state index contributed by atoms with van der Waals surface area (Å²) < 4.78 is 0. The molecule has 98 valence electrons. The predicted octanol–water partition coefficient (Wildman–Crippen LogP) is 2.65. The van der Waals surface area contributed by atoms with Gasteiger partial charge in [-0.2, -0.15) is 0 Å². The van der Waals surface area contributed by atoms with Crippen molar-refractivity contribution >= 4 is 17.7 Å². The molecule has 0 aliphatic heterocycles. The normalized spacial score (nSPS) is 10.2. The largest absolute Gasteiger partial charge is 0.478 e. The number of carboxylic acids is 1. The Kier molecular flexibility index (Phi) is 4.71. The summed E-state index contributed by atoms with van der Waals surface area (Å²) in [4.78, 5) is 24.3. The molecule has 0 fully saturated rings. The van der Waals surface area contributed by atoms with E-state index in [0.29, 0.717) is 12.2 Å². The minimum atomic E-state index is -0.981. The van der Waals surface area contributed by atoms with Crippen molar-refractivity contribution in [3.63, 3.8) is 0 Å². The number of nitrogens with zero attached hydrogens (tertiary/aromatic N) is 1. The quantitative estimate of drug-likeness (QED) is 0.863. The highest BCUT2D eigenvalue weighted by Crippen LogP contribution is 2.11. The van der Waals surface area contributed by atoms with Crippen molar-refractivity contribution in [2.45, 2.75) is 26.8 Å². The van der Waals surface area contributed by atoms with E-state index in [2.05, 4.69) is 5.32 Å². The van der Waals surface area contributed by atoms with Crippen LogP contribution in [-0.4, -0.2) is 34.6 Å². The van der Waals surface area contributed by atoms with Gasteiger partial charge in [-0.05, 0) is 45.0 Å². The Hall–Kier alpha value is -2.04. The summed E-state index contributed by atoms with van der Waals surface area (Å²) in [5, 5.41) is 11.5. The summed E-state index contributed by atoms with van der Waals surface area (Å²) >= 11 is 0. The fraction of sp³-hybridized carbons (Fsp3) is 0.385. The van der Waals surface area contributed by atoms with Crippen LogP contribution in [0.3, 0.4) is 0 Å². The maximum Gasteiger partial charge on any atom is 0.335 e. The van der Waals surface area contributed by atoms with Gasteiger partial charge >= 0.3 is 12.0 Å². The first-order chi connectivity index (χ1) is 8.45. The van der Waals surface area contributed by atoms with Crippen LogP contribution in [0.4, 0.5) is 10.5 Å². The molecule has 1 aromatic carbocycles. The molecule has 1 rings (SSSR count). The van der Waals surface area contributed by atoms with Crippen molar-refractivity contribution in [3.05, 3.63) is 29.8 Å². The highest BCUT2D eigenvalue weighted by molar-refractivity contribution is 5.91. The van der Waals surface area contributed by atoms with Crippen LogP contribution in [0.15, 0.2) is 24.3 Å². The fourth-order valence-corrected chi connectivity index (χ4v) is 1.63. The number of carbonyl (C=O) groups excluding carboxylic acids is 1. The fourth-order valence-electron chi connectivity index (χ4n) is 1.63. The number of benzene rings is 1. The number of anilines is 1. The van der Waals surface area contributed by atoms with Crippen LogP contribution in [0.5, 0.6) is 0 Å². The van der Waals surface area contributed by atoms with Crippen LogP contribution in [0.2, 0.25) is 0 Å². The van der Waals surface area contributed by atoms with E-state index in [0.717, 1.165) is 0 Å². The Morgan fingerprint density at radius 2 is 1.83 bits per heavy atom. The second-order valence-corrected chi connectivity index (χ2v) is 4.19. The van der Waals surface area contributed by atoms with Gasteiger partial charge in [0.2, 0.25) is 0 Å². The van der Waals surface area contributed by atoms with E-state index in [1.54, 1.807) is 17.0 Å². The Labute approximate surface area is 106 Å². The zero-order valence-corrected chi connectivity index (χ0v) is 10.8. The lowest BCUT2D eigenvalue weighted by Gasteiger charge is -2.25. The van der Waals surface area contributed by atoms with Gasteiger partial charge in [0.25, 0.3) is 0 Å². The third-order valence-corrected chi connectivity index (χ3v) is 2.61. The molecule has 1 aromatic rings. The molecule has 0 spiro atoms. The zero-order chi connectivity index (χ0) is 13.7. The molecule has 2 amide bonds. The van der Waals surface area contributed by atoms with Crippen LogP contribution in [0, 0.1) is 0 Å². The predicted molar refractivity (Wildman–Crippen MR) is 69.9 cm³/mol. The molecule has 0 bridgehead atoms. The second kappa shape index (κ2) is 6.05. The molecule has 2 N–H and O–H groups in total. The van der Waals surface area contributed by atoms with E-state index in [4.69, 9.17) is 5.11 Å². The van der Waals surface area contributed by atoms with Gasteiger partial charge in [0.05, 0.1) is 5.56 Å². The van der Waals surface area contributed by atoms with E-state index in [1.165, 1.54) is 12.1 Å². The molecule has 5 nitrogen and oxygen atoms in total. The number of amides is 2. The maximum absolute atomic E-state index is 11.9. The van der Waals surface area contributed by atoms with Gasteiger partial charge in [-0.15, -0.1) is 0 Å². The van der Waals surface area contributed by atoms with Crippen LogP contribution >= 0.6 is 0 Å². The highest BCUT2D eigenvalue weighted by atomic mass is 16.4. The molecular formula is C13H18N2O3. The average Bonchev–Trinajstić information content (AvgIpc) is 2.29. The van der Waals surface area contributed by atoms with Crippen molar-refractivity contribution in [2.24, 2.45) is 0 Å². The van der Waals surface area contributed by atoms with E-state index >= 15 is 0 Å². The molecular weight excluding hydrogens is 232 g/mol. The Balaban J connectivity index is 2.73. The number of urea groups is 1. The van der Waals surface area contributed by atoms with Crippen molar-refractivity contribution in [2.75, 3.05) is 11.9 Å². The molecule has 0 radical (unpaired) electrons. The van der Waals surface area contributed by atoms with E-state index in [9.17, 15) is 9.59 Å². The van der Waals surface area contributed by atoms with Crippen LogP contribution in [0.1, 0.15) is 31.1 Å². The molecule has 0 aromatic heterocycles. The number of hydrogen-bond acceptors (Lipinski definition) is 2. The molecule has 0 aliphatic carbocycles. The second-order valence-electron chi connectivity index (χ2n) is 4.19. The number of hydrogen-bond donors (Lipinski definition) is 2. The lowest BCUT2D eigenvalue weighted by molar-refractivity contribution is 0.0697. The minimum Gasteiger partial charge on any atom is -0.478 e. The third kappa shape index (κ3) is 3.48. The van der Waals surface area contributed by atoms with Crippen molar-refractivity contribution in [1.82, 2.24) is 4.90 Å². The van der Waals surface area contributed by atoms with Gasteiger partial charge in [-0.3, -0.25) is 0 Å². The first-order valence-electron chi connectivity index (χ1n) is 5.86. The number of carbonyl (C=O) groups is 2. The van der Waals surface area contributed by atoms with Gasteiger partial charge in [0.1, 0.15) is 0 Å². The smallest absolute Gasteiger partial charge is 0.335 e. The number of carboxylic acid groups (broad SMARTS) is 1. The van der Waals surface area contributed by atoms with Crippen LogP contribution in [-0.2, 0) is 0 Å². The summed E-state index contributed by atoms with van der Waals surface area (Å²) in [6.45, 7) is 6.41. The van der Waals surface area contributed by atoms with Gasteiger partial charge in [-0.1, -0.05) is 0 Å². The number of aromatic carboxylic acids is 1. The number of nitrogens with one attached hydrogen (secondary N) is 1. The first kappa shape index (κ1) is 14.0. The van der Waals surface area contributed by atoms with Gasteiger partial charge < -0.3 is 15.3 Å². The molecule has 0 saturated heterocycles. The summed E-state index contributed by atoms with van der Waals surface area (Å²) in [7, 11) is 0. The molecule has 18 heavy (non-hydrogen) atoms. The molecule has 5 heteroatoms. The highest BCUT2D eigenvalue weighted by Gasteiger charge is 2.14. The first-order valence-corrected chi connectivity index (χ1v) is 5.86. The topological polar surface area (TPSA) is 69.6 Å². The number of rotatable bonds is 4. The zero-order valence-electron chi connectivity index (χ0n) is 10.8. The van der Waals surface area contributed by atoms with Crippen LogP contribution in [0.25, 0.3) is 0 Å². The maximum atomic E-state index is 11.9. The van der Waals surface area contributed by atoms with E-state index in [1.807, 2.05) is 20.8 Å². The molecule has 0 unspecified atom stereocenters. The average molecular weight is 250 g/mol. The molecule has 0 atom stereocenters. The lowest BCUT2D eigenvalue weighted by Crippen LogP contribution is -2.39. The van der Waals surface area contributed by atoms with Gasteiger partial charge in [0, 0.05) is 18.3 Å². The molecule has 0 aliphatic rings. The van der Waals surface area contributed by atoms with Gasteiger partial charge in [-0.25, -0.2) is 9.59 Å². The van der Waals surface area contributed by atoms with E-state index < -0.39 is 5.97 Å². The molecule has 0 heterocycles. The summed E-state index contributed by atoms with van der Waals surface area (Å²) in [6, 6.07) is 6.02. The SMILES string of the molecule is CCN(C(=O)Nc1ccc(C(=O)O)cc1)C(C)C. The Morgan fingerprint density at radius 3 is 2.22 bits per heavy atom. The minimum absolute atomic E-state index is 0.119. The Morgan fingerprint density at radius 1 is 1.28 bits per heavy atom. The van der Waals surface area contributed by atoms with Crippen molar-refractivity contribution < 1.29 is 14.7 Å². The lowest BCUT2D eigenvalue weighted by atomic mass is 10.2. The monoisotopic (exact) mass is 250 g/mol. The van der Waals surface area contributed by atoms with Crippen molar-refractivity contribution in [3.8, 4) is 0 Å². The summed E-state index contributed by atoms with van der Waals surface area (Å²) in [5.41, 5.74) is 0.785. The van der Waals surface area contributed by atoms with Gasteiger partial charge in [0.15, 0.2) is 0 Å². The standard InChI is InChI=1S/C13H18N2O3/c1-4-15(9(2)3)13(18)14-11-7-5-10(6-8-11)12(16)17/h5-9H,4H2,1-3H3,(H,14,18)(H,16,17). The summed E-state index contributed by atoms with van der Waals surface area (Å²) in [5.74, 6) is -0.981.